The van der Waals surface area contributed by atoms with Crippen molar-refractivity contribution in [1.82, 2.24) is 0 Å². The number of ether oxygens (including phenoxy) is 4. The summed E-state index contributed by atoms with van der Waals surface area (Å²) in [6, 6.07) is 0. The van der Waals surface area contributed by atoms with Crippen LogP contribution in [-0.4, -0.2) is 89.7 Å². The van der Waals surface area contributed by atoms with Crippen LogP contribution in [0.15, 0.2) is 0 Å². The zero-order valence-corrected chi connectivity index (χ0v) is 30.3. The van der Waals surface area contributed by atoms with Crippen molar-refractivity contribution in [3.05, 3.63) is 0 Å². The van der Waals surface area contributed by atoms with Crippen molar-refractivity contribution < 1.29 is 68.9 Å². The second kappa shape index (κ2) is 22.1. The summed E-state index contributed by atoms with van der Waals surface area (Å²) >= 11 is 11.2. The van der Waals surface area contributed by atoms with E-state index in [4.69, 9.17) is 26.0 Å². The van der Waals surface area contributed by atoms with Crippen molar-refractivity contribution in [2.45, 2.75) is 76.8 Å². The molecule has 0 spiro atoms. The van der Waals surface area contributed by atoms with Crippen LogP contribution in [0.1, 0.15) is 48.5 Å². The molecule has 0 aromatic carbocycles. The number of hydrogen-bond donors (Lipinski definition) is 0. The number of thioether (sulfide) groups is 2. The molecule has 0 bridgehead atoms. The van der Waals surface area contributed by atoms with Crippen LogP contribution in [0.2, 0.25) is 0 Å². The van der Waals surface area contributed by atoms with E-state index >= 15 is 0 Å². The van der Waals surface area contributed by atoms with E-state index in [1.54, 1.807) is 27.7 Å². The summed E-state index contributed by atoms with van der Waals surface area (Å²) in [5, 5.41) is -1.39. The minimum absolute atomic E-state index is 0.0926. The Morgan fingerprint density at radius 3 is 1.33 bits per heavy atom. The van der Waals surface area contributed by atoms with E-state index in [2.05, 4.69) is 35.5 Å². The van der Waals surface area contributed by atoms with Crippen LogP contribution < -0.4 is 0 Å². The van der Waals surface area contributed by atoms with Gasteiger partial charge in [-0.2, -0.15) is 13.2 Å². The van der Waals surface area contributed by atoms with Crippen molar-refractivity contribution in [2.75, 3.05) is 40.6 Å². The Kier molecular flexibility index (Phi) is 22.9. The van der Waals surface area contributed by atoms with Gasteiger partial charge in [0.25, 0.3) is 5.85 Å². The van der Waals surface area contributed by atoms with Crippen molar-refractivity contribution in [3.63, 3.8) is 0 Å². The zero-order valence-electron chi connectivity index (χ0n) is 25.2. The second-order valence-corrected chi connectivity index (χ2v) is 15.8. The fourth-order valence-corrected chi connectivity index (χ4v) is 8.33. The number of carbonyl (C=O) groups is 2. The smallest absolute Gasteiger partial charge is 0.437 e. The lowest BCUT2D eigenvalue weighted by Crippen LogP contribution is -2.34. The first-order chi connectivity index (χ1) is 19.8. The molecule has 4 unspecified atom stereocenters. The Morgan fingerprint density at radius 1 is 0.698 bits per heavy atom. The SMILES string of the molecule is CCOP(=O)(OCC)C(C)OC(=S)SC(C)C(=O)OC.CCOP(=O)(OCC)C(OC(=S)SC(C)C(=O)OC)C(F)(F)F. The highest BCUT2D eigenvalue weighted by atomic mass is 32.2. The Morgan fingerprint density at radius 2 is 1.02 bits per heavy atom. The average Bonchev–Trinajstić information content (AvgIpc) is 2.90. The summed E-state index contributed by atoms with van der Waals surface area (Å²) in [5.41, 5.74) is 0. The van der Waals surface area contributed by atoms with Crippen LogP contribution in [0.3, 0.4) is 0 Å². The number of alkyl halides is 3. The van der Waals surface area contributed by atoms with E-state index in [-0.39, 0.29) is 30.8 Å². The van der Waals surface area contributed by atoms with E-state index in [1.165, 1.54) is 27.9 Å². The molecule has 21 heteroatoms. The number of carbonyl (C=O) groups excluding carboxylic acids is 2. The quantitative estimate of drug-likeness (QED) is 0.0915. The molecule has 0 aromatic heterocycles. The van der Waals surface area contributed by atoms with E-state index in [0.29, 0.717) is 11.8 Å². The second-order valence-electron chi connectivity index (χ2n) is 7.55. The van der Waals surface area contributed by atoms with Gasteiger partial charge in [0.1, 0.15) is 10.5 Å². The first-order valence-electron chi connectivity index (χ1n) is 12.6. The number of hydrogen-bond acceptors (Lipinski definition) is 16. The molecular formula is C22H39F3O12P2S4. The first-order valence-corrected chi connectivity index (χ1v) is 18.4. The van der Waals surface area contributed by atoms with Gasteiger partial charge in [-0.15, -0.1) is 0 Å². The molecule has 0 aliphatic heterocycles. The van der Waals surface area contributed by atoms with E-state index in [1.807, 2.05) is 0 Å². The van der Waals surface area contributed by atoms with Gasteiger partial charge < -0.3 is 37.0 Å². The maximum atomic E-state index is 13.2. The molecule has 254 valence electrons. The van der Waals surface area contributed by atoms with Gasteiger partial charge in [0.2, 0.25) is 8.77 Å². The van der Waals surface area contributed by atoms with Crippen molar-refractivity contribution in [3.8, 4) is 0 Å². The third-order valence-electron chi connectivity index (χ3n) is 4.34. The number of halogens is 3. The van der Waals surface area contributed by atoms with Gasteiger partial charge >= 0.3 is 33.3 Å². The molecule has 0 N–H and O–H groups in total. The number of esters is 2. The van der Waals surface area contributed by atoms with Crippen molar-refractivity contribution in [1.29, 1.82) is 0 Å². The molecule has 0 fully saturated rings. The van der Waals surface area contributed by atoms with Crippen LogP contribution in [0, 0.1) is 0 Å². The highest BCUT2D eigenvalue weighted by Gasteiger charge is 2.56. The molecular weight excluding hydrogens is 703 g/mol. The third kappa shape index (κ3) is 17.1. The standard InChI is InChI=1S/C11H18F3O6PS2.C11H21O6PS2/c1-5-18-21(16,19-6-2)9(11(12,13)14)20-10(22)23-7(3)8(15)17-4;1-6-15-18(13,16-7-2)9(4)17-11(19)20-8(3)10(12)14-5/h7,9H,5-6H2,1-4H3;8-9H,6-7H2,1-5H3. The van der Waals surface area contributed by atoms with Gasteiger partial charge in [-0.3, -0.25) is 18.7 Å². The predicted octanol–water partition coefficient (Wildman–Crippen LogP) is 6.93. The van der Waals surface area contributed by atoms with Crippen LogP contribution in [0.4, 0.5) is 13.2 Å². The molecule has 4 atom stereocenters. The van der Waals surface area contributed by atoms with Gasteiger partial charge in [0.05, 0.1) is 40.6 Å². The summed E-state index contributed by atoms with van der Waals surface area (Å²) in [7, 11) is -5.60. The lowest BCUT2D eigenvalue weighted by Gasteiger charge is -2.28. The topological polar surface area (TPSA) is 142 Å². The molecule has 0 heterocycles. The zero-order chi connectivity index (χ0) is 34.0. The molecule has 0 aromatic rings. The molecule has 0 aliphatic rings. The number of methoxy groups -OCH3 is 2. The van der Waals surface area contributed by atoms with Gasteiger partial charge in [0.15, 0.2) is 5.85 Å². The lowest BCUT2D eigenvalue weighted by atomic mass is 10.5. The largest absolute Gasteiger partial charge is 0.468 e. The Hall–Kier alpha value is -0.490. The maximum absolute atomic E-state index is 13.2. The Balaban J connectivity index is 0. The first kappa shape index (κ1) is 44.6. The molecule has 0 amide bonds. The molecule has 12 nitrogen and oxygen atoms in total. The van der Waals surface area contributed by atoms with Gasteiger partial charge in [-0.1, -0.05) is 23.5 Å². The molecule has 0 aliphatic carbocycles. The van der Waals surface area contributed by atoms with Gasteiger partial charge in [0, 0.05) is 0 Å². The molecule has 0 rings (SSSR count). The van der Waals surface area contributed by atoms with E-state index in [9.17, 15) is 31.9 Å². The molecule has 0 radical (unpaired) electrons. The summed E-state index contributed by atoms with van der Waals surface area (Å²) in [5.74, 6) is -4.82. The van der Waals surface area contributed by atoms with Crippen LogP contribution in [0.5, 0.6) is 0 Å². The normalized spacial score (nSPS) is 14.7. The number of thiocarbonyl (C=S) groups is 2. The lowest BCUT2D eigenvalue weighted by molar-refractivity contribution is -0.177. The van der Waals surface area contributed by atoms with Crippen LogP contribution >= 0.6 is 63.2 Å². The molecule has 0 saturated heterocycles. The summed E-state index contributed by atoms with van der Waals surface area (Å²) < 4.78 is 102. The van der Waals surface area contributed by atoms with Gasteiger partial charge in [-0.05, 0) is 72.9 Å². The highest BCUT2D eigenvalue weighted by molar-refractivity contribution is 8.23. The molecule has 0 saturated carbocycles. The van der Waals surface area contributed by atoms with E-state index in [0.717, 1.165) is 18.9 Å². The summed E-state index contributed by atoms with van der Waals surface area (Å²) in [4.78, 5) is 22.5. The van der Waals surface area contributed by atoms with Crippen molar-refractivity contribution in [2.24, 2.45) is 0 Å². The summed E-state index contributed by atoms with van der Waals surface area (Å²) in [6.45, 7) is 10.7. The third-order valence-corrected chi connectivity index (χ3v) is 11.2. The average molecular weight is 743 g/mol. The minimum Gasteiger partial charge on any atom is -0.468 e. The minimum atomic E-state index is -5.04. The maximum Gasteiger partial charge on any atom is 0.437 e. The van der Waals surface area contributed by atoms with Crippen molar-refractivity contribution >= 4 is 83.9 Å². The fraction of sp³-hybridized carbons (Fsp3) is 0.818. The molecule has 43 heavy (non-hydrogen) atoms. The number of rotatable bonds is 16. The fourth-order valence-electron chi connectivity index (χ4n) is 2.52. The predicted molar refractivity (Wildman–Crippen MR) is 167 cm³/mol. The van der Waals surface area contributed by atoms with E-state index < -0.39 is 59.9 Å². The Bertz CT molecular complexity index is 970. The highest BCUT2D eigenvalue weighted by Crippen LogP contribution is 2.59. The summed E-state index contributed by atoms with van der Waals surface area (Å²) in [6.07, 6.45) is -5.04. The van der Waals surface area contributed by atoms with Gasteiger partial charge in [-0.25, -0.2) is 0 Å². The van der Waals surface area contributed by atoms with Crippen LogP contribution in [0.25, 0.3) is 0 Å². The Labute approximate surface area is 269 Å². The van der Waals surface area contributed by atoms with Crippen LogP contribution in [-0.2, 0) is 55.8 Å². The monoisotopic (exact) mass is 742 g/mol.